The van der Waals surface area contributed by atoms with E-state index in [2.05, 4.69) is 20.9 Å². The summed E-state index contributed by atoms with van der Waals surface area (Å²) in [5.74, 6) is 0.616. The maximum atomic E-state index is 13.4. The number of imidazole rings is 1. The molecule has 1 N–H and O–H groups in total. The van der Waals surface area contributed by atoms with Gasteiger partial charge in [-0.15, -0.1) is 0 Å². The number of ether oxygens (including phenoxy) is 1. The lowest BCUT2D eigenvalue weighted by molar-refractivity contribution is -0.135. The first-order valence-electron chi connectivity index (χ1n) is 14.7. The van der Waals surface area contributed by atoms with Crippen LogP contribution in [0.5, 0.6) is 0 Å². The summed E-state index contributed by atoms with van der Waals surface area (Å²) >= 11 is 0. The molecule has 1 saturated heterocycles. The van der Waals surface area contributed by atoms with Gasteiger partial charge in [-0.05, 0) is 102 Å². The number of aromatic nitrogens is 2. The Labute approximate surface area is 238 Å². The Morgan fingerprint density at radius 2 is 1.70 bits per heavy atom. The third-order valence-electron chi connectivity index (χ3n) is 8.19. The largest absolute Gasteiger partial charge is 0.465 e. The summed E-state index contributed by atoms with van der Waals surface area (Å²) < 4.78 is 7.08. The Balaban J connectivity index is 1.60. The predicted octanol–water partition coefficient (Wildman–Crippen LogP) is 5.46. The van der Waals surface area contributed by atoms with Crippen LogP contribution >= 0.6 is 0 Å². The van der Waals surface area contributed by atoms with Gasteiger partial charge in [0.1, 0.15) is 0 Å². The number of likely N-dealkylation sites (tertiary alicyclic amines) is 1. The molecule has 0 saturated carbocycles. The van der Waals surface area contributed by atoms with E-state index >= 15 is 0 Å². The SMILES string of the molecule is CCN(CC)C(=O)C(C)(C)c1ccc2nc(NCc3ccc(C(=O)OC)cc3)n(CCCN3CCCCC3)c2c1. The van der Waals surface area contributed by atoms with E-state index in [-0.39, 0.29) is 11.9 Å². The highest BCUT2D eigenvalue weighted by Crippen LogP contribution is 2.30. The monoisotopic (exact) mass is 547 g/mol. The summed E-state index contributed by atoms with van der Waals surface area (Å²) in [6, 6.07) is 13.7. The van der Waals surface area contributed by atoms with Crippen LogP contribution in [0.1, 0.15) is 74.9 Å². The second kappa shape index (κ2) is 13.3. The van der Waals surface area contributed by atoms with Crippen molar-refractivity contribution in [3.63, 3.8) is 0 Å². The van der Waals surface area contributed by atoms with Crippen molar-refractivity contribution in [1.29, 1.82) is 0 Å². The number of carbonyl (C=O) groups is 2. The Bertz CT molecular complexity index is 1290. The molecule has 40 heavy (non-hydrogen) atoms. The van der Waals surface area contributed by atoms with Gasteiger partial charge in [-0.2, -0.15) is 0 Å². The molecule has 0 spiro atoms. The number of nitrogens with one attached hydrogen (secondary N) is 1. The predicted molar refractivity (Wildman–Crippen MR) is 161 cm³/mol. The highest BCUT2D eigenvalue weighted by atomic mass is 16.5. The molecule has 3 aromatic rings. The number of piperidine rings is 1. The molecule has 8 heteroatoms. The van der Waals surface area contributed by atoms with Crippen molar-refractivity contribution >= 4 is 28.9 Å². The van der Waals surface area contributed by atoms with Crippen molar-refractivity contribution in [2.75, 3.05) is 45.2 Å². The Morgan fingerprint density at radius 1 is 1.00 bits per heavy atom. The van der Waals surface area contributed by atoms with Gasteiger partial charge >= 0.3 is 5.97 Å². The molecule has 4 rings (SSSR count). The Morgan fingerprint density at radius 3 is 2.35 bits per heavy atom. The van der Waals surface area contributed by atoms with Gasteiger partial charge in [-0.3, -0.25) is 4.79 Å². The number of methoxy groups -OCH3 is 1. The van der Waals surface area contributed by atoms with Crippen molar-refractivity contribution in [3.05, 3.63) is 59.2 Å². The lowest BCUT2D eigenvalue weighted by Gasteiger charge is -2.31. The molecule has 2 aromatic carbocycles. The quantitative estimate of drug-likeness (QED) is 0.304. The first-order valence-corrected chi connectivity index (χ1v) is 14.7. The van der Waals surface area contributed by atoms with E-state index in [1.807, 2.05) is 56.9 Å². The third-order valence-corrected chi connectivity index (χ3v) is 8.19. The maximum absolute atomic E-state index is 13.4. The molecule has 1 aliphatic heterocycles. The van der Waals surface area contributed by atoms with Crippen LogP contribution in [0, 0.1) is 0 Å². The van der Waals surface area contributed by atoms with Crippen LogP contribution in [-0.4, -0.2) is 71.1 Å². The number of benzene rings is 2. The van der Waals surface area contributed by atoms with Crippen molar-refractivity contribution in [2.24, 2.45) is 0 Å². The molecule has 8 nitrogen and oxygen atoms in total. The van der Waals surface area contributed by atoms with Crippen LogP contribution in [0.15, 0.2) is 42.5 Å². The fraction of sp³-hybridized carbons (Fsp3) is 0.531. The summed E-state index contributed by atoms with van der Waals surface area (Å²) in [5.41, 5.74) is 3.89. The fourth-order valence-corrected chi connectivity index (χ4v) is 5.60. The molecule has 1 aromatic heterocycles. The number of amides is 1. The van der Waals surface area contributed by atoms with Crippen LogP contribution < -0.4 is 5.32 Å². The van der Waals surface area contributed by atoms with Gasteiger partial charge < -0.3 is 24.4 Å². The minimum atomic E-state index is -0.641. The highest BCUT2D eigenvalue weighted by Gasteiger charge is 2.33. The van der Waals surface area contributed by atoms with E-state index in [0.717, 1.165) is 47.6 Å². The smallest absolute Gasteiger partial charge is 0.337 e. The van der Waals surface area contributed by atoms with Crippen molar-refractivity contribution in [2.45, 2.75) is 71.9 Å². The van der Waals surface area contributed by atoms with Crippen LogP contribution in [0.2, 0.25) is 0 Å². The number of nitrogens with zero attached hydrogens (tertiary/aromatic N) is 4. The second-order valence-electron chi connectivity index (χ2n) is 11.2. The minimum Gasteiger partial charge on any atom is -0.465 e. The third kappa shape index (κ3) is 6.66. The molecule has 1 amide bonds. The zero-order valence-corrected chi connectivity index (χ0v) is 24.8. The average Bonchev–Trinajstić information content (AvgIpc) is 3.33. The topological polar surface area (TPSA) is 79.7 Å². The van der Waals surface area contributed by atoms with Gasteiger partial charge in [-0.1, -0.05) is 24.6 Å². The van der Waals surface area contributed by atoms with Gasteiger partial charge in [-0.25, -0.2) is 9.78 Å². The van der Waals surface area contributed by atoms with Crippen LogP contribution in [-0.2, 0) is 28.0 Å². The molecule has 1 fully saturated rings. The first kappa shape index (κ1) is 29.6. The number of anilines is 1. The van der Waals surface area contributed by atoms with Gasteiger partial charge in [0, 0.05) is 26.2 Å². The minimum absolute atomic E-state index is 0.141. The van der Waals surface area contributed by atoms with Crippen molar-refractivity contribution in [3.8, 4) is 0 Å². The van der Waals surface area contributed by atoms with Crippen LogP contribution in [0.25, 0.3) is 11.0 Å². The number of fused-ring (bicyclic) bond motifs is 1. The molecule has 0 bridgehead atoms. The lowest BCUT2D eigenvalue weighted by Crippen LogP contribution is -2.43. The summed E-state index contributed by atoms with van der Waals surface area (Å²) in [4.78, 5) is 34.6. The van der Waals surface area contributed by atoms with Crippen LogP contribution in [0.3, 0.4) is 0 Å². The molecule has 2 heterocycles. The molecule has 0 radical (unpaired) electrons. The highest BCUT2D eigenvalue weighted by molar-refractivity contribution is 5.90. The van der Waals surface area contributed by atoms with E-state index in [0.29, 0.717) is 25.2 Å². The average molecular weight is 548 g/mol. The number of likely N-dealkylation sites (N-methyl/N-ethyl adjacent to an activating group) is 1. The van der Waals surface area contributed by atoms with E-state index in [1.54, 1.807) is 12.1 Å². The lowest BCUT2D eigenvalue weighted by atomic mass is 9.83. The molecule has 0 atom stereocenters. The number of rotatable bonds is 12. The molecular weight excluding hydrogens is 502 g/mol. The van der Waals surface area contributed by atoms with Gasteiger partial charge in [0.2, 0.25) is 11.9 Å². The number of carbonyl (C=O) groups excluding carboxylic acids is 2. The van der Waals surface area contributed by atoms with E-state index in [4.69, 9.17) is 9.72 Å². The maximum Gasteiger partial charge on any atom is 0.337 e. The number of hydrogen-bond donors (Lipinski definition) is 1. The molecule has 0 aliphatic carbocycles. The van der Waals surface area contributed by atoms with E-state index in [1.165, 1.54) is 39.5 Å². The molecule has 1 aliphatic rings. The number of hydrogen-bond acceptors (Lipinski definition) is 6. The summed E-state index contributed by atoms with van der Waals surface area (Å²) in [6.45, 7) is 14.3. The van der Waals surface area contributed by atoms with Crippen LogP contribution in [0.4, 0.5) is 5.95 Å². The number of esters is 1. The normalized spacial score (nSPS) is 14.3. The number of aryl methyl sites for hydroxylation is 1. The molecular formula is C32H45N5O3. The van der Waals surface area contributed by atoms with Gasteiger partial charge in [0.15, 0.2) is 0 Å². The molecule has 216 valence electrons. The fourth-order valence-electron chi connectivity index (χ4n) is 5.60. The summed E-state index contributed by atoms with van der Waals surface area (Å²) in [5, 5.41) is 3.53. The second-order valence-corrected chi connectivity index (χ2v) is 11.2. The Kier molecular flexibility index (Phi) is 9.85. The van der Waals surface area contributed by atoms with Gasteiger partial charge in [0.25, 0.3) is 0 Å². The summed E-state index contributed by atoms with van der Waals surface area (Å²) in [6.07, 6.45) is 4.94. The first-order chi connectivity index (χ1) is 19.3. The zero-order chi connectivity index (χ0) is 28.7. The van der Waals surface area contributed by atoms with Crippen molar-refractivity contribution in [1.82, 2.24) is 19.4 Å². The van der Waals surface area contributed by atoms with Crippen molar-refractivity contribution < 1.29 is 14.3 Å². The Hall–Kier alpha value is -3.39. The molecule has 0 unspecified atom stereocenters. The zero-order valence-electron chi connectivity index (χ0n) is 24.8. The van der Waals surface area contributed by atoms with Gasteiger partial charge in [0.05, 0.1) is 29.1 Å². The van der Waals surface area contributed by atoms with E-state index < -0.39 is 5.41 Å². The summed E-state index contributed by atoms with van der Waals surface area (Å²) in [7, 11) is 1.39. The standard InChI is InChI=1S/C32H45N5O3/c1-6-36(7-2)30(39)32(3,4)26-16-17-27-28(22-26)37(21-11-20-35-18-9-8-10-19-35)31(34-27)33-23-24-12-14-25(15-13-24)29(38)40-5/h12-17,22H,6-11,18-21,23H2,1-5H3,(H,33,34). The van der Waals surface area contributed by atoms with E-state index in [9.17, 15) is 9.59 Å².